The summed E-state index contributed by atoms with van der Waals surface area (Å²) in [6, 6.07) is 13.0. The van der Waals surface area contributed by atoms with Crippen LogP contribution in [-0.2, 0) is 0 Å². The zero-order chi connectivity index (χ0) is 25.7. The van der Waals surface area contributed by atoms with E-state index in [1.54, 1.807) is 29.2 Å². The van der Waals surface area contributed by atoms with Crippen LogP contribution in [0.2, 0.25) is 0 Å². The number of hydrogen-bond donors (Lipinski definition) is 1. The number of hydrogen-bond acceptors (Lipinski definition) is 6. The first-order valence-electron chi connectivity index (χ1n) is 12.0. The van der Waals surface area contributed by atoms with E-state index < -0.39 is 0 Å². The maximum Gasteiger partial charge on any atom is 0.334 e. The highest BCUT2D eigenvalue weighted by Crippen LogP contribution is 2.29. The molecule has 3 aromatic heterocycles. The van der Waals surface area contributed by atoms with Crippen molar-refractivity contribution in [2.75, 3.05) is 26.0 Å². The number of nitrogens with zero attached hydrogens (tertiary/aromatic N) is 5. The van der Waals surface area contributed by atoms with E-state index in [-0.39, 0.29) is 11.7 Å². The summed E-state index contributed by atoms with van der Waals surface area (Å²) in [5.41, 5.74) is 2.98. The Hall–Kier alpha value is -4.33. The van der Waals surface area contributed by atoms with Gasteiger partial charge in [-0.05, 0) is 55.0 Å². The quantitative estimate of drug-likeness (QED) is 0.288. The lowest BCUT2D eigenvalue weighted by atomic mass is 10.1. The molecule has 0 bridgehead atoms. The zero-order valence-electron chi connectivity index (χ0n) is 21.0. The molecule has 8 heteroatoms. The summed E-state index contributed by atoms with van der Waals surface area (Å²) in [6.45, 7) is 10.7. The van der Waals surface area contributed by atoms with Crippen LogP contribution in [0.15, 0.2) is 90.8 Å². The third-order valence-corrected chi connectivity index (χ3v) is 6.18. The summed E-state index contributed by atoms with van der Waals surface area (Å²) in [5, 5.41) is 3.15. The minimum atomic E-state index is -0.119. The van der Waals surface area contributed by atoms with Crippen molar-refractivity contribution >= 4 is 16.9 Å². The maximum atomic E-state index is 14.0. The lowest BCUT2D eigenvalue weighted by Gasteiger charge is -2.26. The predicted octanol–water partition coefficient (Wildman–Crippen LogP) is 5.39. The molecule has 1 unspecified atom stereocenters. The van der Waals surface area contributed by atoms with Gasteiger partial charge in [0.15, 0.2) is 5.82 Å². The standard InChI is InChI=1S/C28H32N6O2/c1-6-9-22(19-32(5)20(3)7-2)33-25-15-17-31-27(29-4)26(25)34(28(33)35)21-11-13-23(14-12-21)36-24-10-8-16-30-18-24/h7-8,10-18,22H,2-3,6,9,19H2,1,4-5H3,(H,29,31). The number of allylic oxidation sites excluding steroid dienone is 1. The van der Waals surface area contributed by atoms with Gasteiger partial charge in [0.05, 0.1) is 23.4 Å². The number of anilines is 1. The monoisotopic (exact) mass is 484 g/mol. The molecule has 0 aliphatic heterocycles. The number of fused-ring (bicyclic) bond motifs is 1. The molecule has 0 spiro atoms. The normalized spacial score (nSPS) is 11.8. The Labute approximate surface area is 211 Å². The first-order valence-corrected chi connectivity index (χ1v) is 12.0. The van der Waals surface area contributed by atoms with Crippen LogP contribution in [0, 0.1) is 0 Å². The molecule has 0 aliphatic carbocycles. The van der Waals surface area contributed by atoms with Gasteiger partial charge in [-0.25, -0.2) is 9.78 Å². The number of ether oxygens (including phenoxy) is 1. The molecule has 0 saturated carbocycles. The average molecular weight is 485 g/mol. The summed E-state index contributed by atoms with van der Waals surface area (Å²) in [4.78, 5) is 24.6. The highest BCUT2D eigenvalue weighted by Gasteiger charge is 2.24. The Bertz CT molecular complexity index is 1410. The number of imidazole rings is 1. The second-order valence-electron chi connectivity index (χ2n) is 8.57. The summed E-state index contributed by atoms with van der Waals surface area (Å²) >= 11 is 0. The van der Waals surface area contributed by atoms with Crippen molar-refractivity contribution in [1.29, 1.82) is 0 Å². The van der Waals surface area contributed by atoms with Gasteiger partial charge in [-0.2, -0.15) is 0 Å². The van der Waals surface area contributed by atoms with Gasteiger partial charge in [0.2, 0.25) is 0 Å². The van der Waals surface area contributed by atoms with E-state index in [0.717, 1.165) is 35.3 Å². The van der Waals surface area contributed by atoms with Gasteiger partial charge in [-0.3, -0.25) is 14.1 Å². The molecule has 1 N–H and O–H groups in total. The number of benzene rings is 1. The Kier molecular flexibility index (Phi) is 7.53. The molecule has 0 amide bonds. The lowest BCUT2D eigenvalue weighted by molar-refractivity contribution is 0.321. The Balaban J connectivity index is 1.82. The van der Waals surface area contributed by atoms with Gasteiger partial charge in [-0.1, -0.05) is 26.5 Å². The highest BCUT2D eigenvalue weighted by molar-refractivity contribution is 5.88. The molecule has 0 saturated heterocycles. The van der Waals surface area contributed by atoms with E-state index in [2.05, 4.69) is 35.4 Å². The van der Waals surface area contributed by atoms with Crippen LogP contribution in [0.4, 0.5) is 5.82 Å². The molecule has 4 rings (SSSR count). The molecule has 0 radical (unpaired) electrons. The van der Waals surface area contributed by atoms with Crippen molar-refractivity contribution in [3.63, 3.8) is 0 Å². The summed E-state index contributed by atoms with van der Waals surface area (Å²) < 4.78 is 9.48. The van der Waals surface area contributed by atoms with Crippen molar-refractivity contribution in [3.8, 4) is 17.2 Å². The lowest BCUT2D eigenvalue weighted by Crippen LogP contribution is -2.33. The number of pyridine rings is 2. The molecule has 0 fully saturated rings. The molecule has 4 aromatic rings. The van der Waals surface area contributed by atoms with E-state index in [4.69, 9.17) is 4.74 Å². The smallest absolute Gasteiger partial charge is 0.334 e. The van der Waals surface area contributed by atoms with Crippen LogP contribution < -0.4 is 15.7 Å². The van der Waals surface area contributed by atoms with Gasteiger partial charge in [-0.15, -0.1) is 0 Å². The first kappa shape index (κ1) is 24.8. The third-order valence-electron chi connectivity index (χ3n) is 6.18. The molecule has 186 valence electrons. The molecule has 1 aromatic carbocycles. The van der Waals surface area contributed by atoms with Crippen molar-refractivity contribution in [2.45, 2.75) is 25.8 Å². The van der Waals surface area contributed by atoms with Crippen molar-refractivity contribution in [3.05, 3.63) is 96.5 Å². The molecule has 3 heterocycles. The van der Waals surface area contributed by atoms with Crippen LogP contribution in [0.25, 0.3) is 16.7 Å². The topological polar surface area (TPSA) is 77.2 Å². The fraction of sp³-hybridized carbons (Fsp3) is 0.250. The summed E-state index contributed by atoms with van der Waals surface area (Å²) in [7, 11) is 3.78. The van der Waals surface area contributed by atoms with E-state index in [9.17, 15) is 4.79 Å². The zero-order valence-corrected chi connectivity index (χ0v) is 21.0. The minimum Gasteiger partial charge on any atom is -0.456 e. The fourth-order valence-electron chi connectivity index (χ4n) is 4.37. The van der Waals surface area contributed by atoms with Crippen molar-refractivity contribution in [1.82, 2.24) is 24.0 Å². The van der Waals surface area contributed by atoms with Gasteiger partial charge >= 0.3 is 5.69 Å². The second kappa shape index (κ2) is 10.9. The average Bonchev–Trinajstić information content (AvgIpc) is 3.20. The van der Waals surface area contributed by atoms with Gasteiger partial charge < -0.3 is 15.0 Å². The van der Waals surface area contributed by atoms with Crippen molar-refractivity contribution in [2.24, 2.45) is 0 Å². The van der Waals surface area contributed by atoms with Crippen LogP contribution in [0.1, 0.15) is 25.8 Å². The molecule has 8 nitrogen and oxygen atoms in total. The van der Waals surface area contributed by atoms with E-state index >= 15 is 0 Å². The SMILES string of the molecule is C=CC(=C)N(C)CC(CCC)n1c(=O)n(-c2ccc(Oc3cccnc3)cc2)c2c(NC)nccc21. The van der Waals surface area contributed by atoms with E-state index in [0.29, 0.717) is 23.9 Å². The van der Waals surface area contributed by atoms with Crippen LogP contribution in [0.3, 0.4) is 0 Å². The second-order valence-corrected chi connectivity index (χ2v) is 8.57. The third kappa shape index (κ3) is 4.88. The fourth-order valence-corrected chi connectivity index (χ4v) is 4.37. The highest BCUT2D eigenvalue weighted by atomic mass is 16.5. The molecular formula is C28H32N6O2. The van der Waals surface area contributed by atoms with Gasteiger partial charge in [0, 0.05) is 38.7 Å². The van der Waals surface area contributed by atoms with Gasteiger partial charge in [0.25, 0.3) is 0 Å². The number of likely N-dealkylation sites (N-methyl/N-ethyl adjacent to an activating group) is 1. The molecule has 36 heavy (non-hydrogen) atoms. The van der Waals surface area contributed by atoms with Crippen LogP contribution >= 0.6 is 0 Å². The first-order chi connectivity index (χ1) is 17.5. The molecule has 1 atom stereocenters. The van der Waals surface area contributed by atoms with Crippen molar-refractivity contribution < 1.29 is 4.74 Å². The van der Waals surface area contributed by atoms with E-state index in [1.165, 1.54) is 0 Å². The minimum absolute atomic E-state index is 0.0618. The summed E-state index contributed by atoms with van der Waals surface area (Å²) in [5.74, 6) is 1.94. The number of nitrogens with one attached hydrogen (secondary N) is 1. The number of aromatic nitrogens is 4. The molecular weight excluding hydrogens is 452 g/mol. The van der Waals surface area contributed by atoms with Crippen LogP contribution in [-0.4, -0.2) is 44.6 Å². The number of rotatable bonds is 11. The van der Waals surface area contributed by atoms with E-state index in [1.807, 2.05) is 66.0 Å². The molecule has 0 aliphatic rings. The Morgan fingerprint density at radius 3 is 2.61 bits per heavy atom. The Morgan fingerprint density at radius 2 is 1.97 bits per heavy atom. The van der Waals surface area contributed by atoms with Gasteiger partial charge in [0.1, 0.15) is 17.0 Å². The maximum absolute atomic E-state index is 14.0. The predicted molar refractivity (Wildman–Crippen MR) is 145 cm³/mol. The Morgan fingerprint density at radius 1 is 1.19 bits per heavy atom. The largest absolute Gasteiger partial charge is 0.456 e. The summed E-state index contributed by atoms with van der Waals surface area (Å²) in [6.07, 6.45) is 8.58. The van der Waals surface area contributed by atoms with Crippen LogP contribution in [0.5, 0.6) is 11.5 Å².